The van der Waals surface area contributed by atoms with E-state index in [-0.39, 0.29) is 11.4 Å². The predicted molar refractivity (Wildman–Crippen MR) is 88.1 cm³/mol. The summed E-state index contributed by atoms with van der Waals surface area (Å²) in [5.74, 6) is 0. The maximum atomic E-state index is 12.5. The lowest BCUT2D eigenvalue weighted by Crippen LogP contribution is -2.32. The zero-order chi connectivity index (χ0) is 15.4. The Hall–Kier alpha value is 0.640. The highest BCUT2D eigenvalue weighted by atomic mass is 35.5. The van der Waals surface area contributed by atoms with Crippen molar-refractivity contribution in [1.29, 1.82) is 0 Å². The number of rotatable bonds is 7. The van der Waals surface area contributed by atoms with Gasteiger partial charge in [-0.3, -0.25) is 0 Å². The van der Waals surface area contributed by atoms with Crippen LogP contribution >= 0.6 is 58.4 Å². The van der Waals surface area contributed by atoms with Crippen molar-refractivity contribution in [3.05, 3.63) is 30.3 Å². The Balaban J connectivity index is 3.08. The molecule has 0 aliphatic carbocycles. The Kier molecular flexibility index (Phi) is 7.26. The van der Waals surface area contributed by atoms with Crippen LogP contribution in [0.4, 0.5) is 0 Å². The van der Waals surface area contributed by atoms with Crippen molar-refractivity contribution in [2.24, 2.45) is 0 Å². The summed E-state index contributed by atoms with van der Waals surface area (Å²) >= 11 is 23.9. The first-order valence-electron chi connectivity index (χ1n) is 5.64. The highest BCUT2D eigenvalue weighted by Gasteiger charge is 2.39. The molecule has 0 atom stereocenters. The van der Waals surface area contributed by atoms with Gasteiger partial charge in [-0.25, -0.2) is 8.42 Å². The van der Waals surface area contributed by atoms with Crippen molar-refractivity contribution in [2.75, 3.05) is 6.54 Å². The van der Waals surface area contributed by atoms with E-state index in [9.17, 15) is 8.42 Å². The Labute approximate surface area is 143 Å². The van der Waals surface area contributed by atoms with Gasteiger partial charge in [0, 0.05) is 6.54 Å². The normalized spacial score (nSPS) is 13.2. The molecular formula is C11H13Cl4NO2S2. The number of alkyl halides is 4. The molecule has 0 radical (unpaired) electrons. The molecule has 114 valence electrons. The van der Waals surface area contributed by atoms with E-state index in [0.717, 1.165) is 3.71 Å². The molecule has 0 saturated carbocycles. The van der Waals surface area contributed by atoms with Crippen LogP contribution in [0.15, 0.2) is 35.2 Å². The van der Waals surface area contributed by atoms with Crippen molar-refractivity contribution in [3.8, 4) is 0 Å². The van der Waals surface area contributed by atoms with Crippen LogP contribution in [0.5, 0.6) is 0 Å². The topological polar surface area (TPSA) is 37.4 Å². The first-order chi connectivity index (χ1) is 9.21. The molecule has 0 saturated heterocycles. The Morgan fingerprint density at radius 2 is 1.80 bits per heavy atom. The number of sulfonamides is 1. The minimum atomic E-state index is -3.72. The maximum absolute atomic E-state index is 12.5. The summed E-state index contributed by atoms with van der Waals surface area (Å²) in [7, 11) is -3.72. The Bertz CT molecular complexity index is 522. The van der Waals surface area contributed by atoms with Gasteiger partial charge in [0.15, 0.2) is 4.84 Å². The van der Waals surface area contributed by atoms with Crippen molar-refractivity contribution in [1.82, 2.24) is 3.71 Å². The van der Waals surface area contributed by atoms with Crippen LogP contribution in [-0.4, -0.2) is 27.2 Å². The average molecular weight is 397 g/mol. The molecule has 0 bridgehead atoms. The molecule has 0 aliphatic heterocycles. The van der Waals surface area contributed by atoms with E-state index in [0.29, 0.717) is 18.4 Å². The lowest BCUT2D eigenvalue weighted by Gasteiger charge is -2.28. The lowest BCUT2D eigenvalue weighted by atomic mass is 10.4. The third-order valence-corrected chi connectivity index (χ3v) is 7.67. The molecule has 0 heterocycles. The summed E-state index contributed by atoms with van der Waals surface area (Å²) in [6.07, 6.45) is 0.595. The quantitative estimate of drug-likeness (QED) is 0.496. The lowest BCUT2D eigenvalue weighted by molar-refractivity contribution is 0.539. The van der Waals surface area contributed by atoms with Gasteiger partial charge < -0.3 is 0 Å². The van der Waals surface area contributed by atoms with Crippen molar-refractivity contribution in [2.45, 2.75) is 26.7 Å². The summed E-state index contributed by atoms with van der Waals surface area (Å²) in [6, 6.07) is 8.02. The molecule has 9 heteroatoms. The third kappa shape index (κ3) is 4.83. The first-order valence-corrected chi connectivity index (χ1v) is 9.49. The Morgan fingerprint density at radius 3 is 2.25 bits per heavy atom. The second-order valence-corrected chi connectivity index (χ2v) is 10.1. The molecule has 1 rings (SSSR count). The molecule has 0 aliphatic rings. The Morgan fingerprint density at radius 1 is 1.25 bits per heavy atom. The van der Waals surface area contributed by atoms with E-state index in [1.54, 1.807) is 18.2 Å². The van der Waals surface area contributed by atoms with Crippen molar-refractivity contribution < 1.29 is 8.42 Å². The largest absolute Gasteiger partial charge is 0.252 e. The molecule has 0 fully saturated rings. The molecule has 1 aromatic carbocycles. The molecule has 20 heavy (non-hydrogen) atoms. The summed E-state index contributed by atoms with van der Waals surface area (Å²) in [6.45, 7) is 2.08. The van der Waals surface area contributed by atoms with Crippen LogP contribution in [0.1, 0.15) is 13.3 Å². The molecule has 3 nitrogen and oxygen atoms in total. The molecule has 0 unspecified atom stereocenters. The summed E-state index contributed by atoms with van der Waals surface area (Å²) in [5.41, 5.74) is 0. The highest BCUT2D eigenvalue weighted by Crippen LogP contribution is 2.45. The number of benzene rings is 1. The zero-order valence-corrected chi connectivity index (χ0v) is 15.1. The van der Waals surface area contributed by atoms with Gasteiger partial charge in [-0.05, 0) is 30.5 Å². The minimum Gasteiger partial charge on any atom is -0.206 e. The number of hydrogen-bond acceptors (Lipinski definition) is 3. The number of nitrogens with zero attached hydrogens (tertiary/aromatic N) is 1. The second-order valence-electron chi connectivity index (χ2n) is 3.80. The molecule has 0 amide bonds. The SMILES string of the molecule is CCCN(SC(Cl)(Cl)C(Cl)Cl)S(=O)(=O)c1ccccc1. The van der Waals surface area contributed by atoms with Crippen LogP contribution in [0.3, 0.4) is 0 Å². The van der Waals surface area contributed by atoms with Crippen molar-refractivity contribution in [3.63, 3.8) is 0 Å². The van der Waals surface area contributed by atoms with E-state index in [4.69, 9.17) is 46.4 Å². The van der Waals surface area contributed by atoms with Crippen LogP contribution in [-0.2, 0) is 10.0 Å². The molecular weight excluding hydrogens is 384 g/mol. The first kappa shape index (κ1) is 18.7. The zero-order valence-electron chi connectivity index (χ0n) is 10.5. The van der Waals surface area contributed by atoms with Crippen LogP contribution in [0.25, 0.3) is 0 Å². The fourth-order valence-electron chi connectivity index (χ4n) is 1.28. The standard InChI is InChI=1S/C11H13Cl4NO2S2/c1-2-8-16(19-11(14,15)10(12)13)20(17,18)9-6-4-3-5-7-9/h3-7,10H,2,8H2,1H3. The molecule has 0 N–H and O–H groups in total. The average Bonchev–Trinajstić information content (AvgIpc) is 2.39. The number of halogens is 4. The van der Waals surface area contributed by atoms with Crippen LogP contribution in [0, 0.1) is 0 Å². The monoisotopic (exact) mass is 395 g/mol. The van der Waals surface area contributed by atoms with Gasteiger partial charge in [0.25, 0.3) is 10.0 Å². The van der Waals surface area contributed by atoms with E-state index in [1.807, 2.05) is 6.92 Å². The fraction of sp³-hybridized carbons (Fsp3) is 0.455. The fourth-order valence-corrected chi connectivity index (χ4v) is 5.06. The molecule has 0 spiro atoms. The highest BCUT2D eigenvalue weighted by molar-refractivity contribution is 8.11. The number of hydrogen-bond donors (Lipinski definition) is 0. The predicted octanol–water partition coefficient (Wildman–Crippen LogP) is 4.67. The van der Waals surface area contributed by atoms with Gasteiger partial charge in [-0.2, -0.15) is 0 Å². The second kappa shape index (κ2) is 7.77. The summed E-state index contributed by atoms with van der Waals surface area (Å²) in [4.78, 5) is -0.980. The molecule has 0 aromatic heterocycles. The van der Waals surface area contributed by atoms with E-state index in [1.165, 1.54) is 12.1 Å². The van der Waals surface area contributed by atoms with Gasteiger partial charge in [0.05, 0.1) is 4.90 Å². The van der Waals surface area contributed by atoms with Gasteiger partial charge in [0.2, 0.25) is 3.67 Å². The summed E-state index contributed by atoms with van der Waals surface area (Å²) < 4.78 is 24.5. The smallest absolute Gasteiger partial charge is 0.206 e. The van der Waals surface area contributed by atoms with Crippen LogP contribution < -0.4 is 0 Å². The van der Waals surface area contributed by atoms with E-state index < -0.39 is 18.5 Å². The van der Waals surface area contributed by atoms with Gasteiger partial charge in [0.1, 0.15) is 0 Å². The van der Waals surface area contributed by atoms with Gasteiger partial charge in [-0.15, -0.1) is 26.9 Å². The van der Waals surface area contributed by atoms with Gasteiger partial charge >= 0.3 is 0 Å². The maximum Gasteiger partial charge on any atom is 0.252 e. The van der Waals surface area contributed by atoms with Gasteiger partial charge in [-0.1, -0.05) is 48.3 Å². The van der Waals surface area contributed by atoms with Crippen LogP contribution in [0.2, 0.25) is 0 Å². The minimum absolute atomic E-state index is 0.158. The summed E-state index contributed by atoms with van der Waals surface area (Å²) in [5, 5.41) is 0. The van der Waals surface area contributed by atoms with E-state index in [2.05, 4.69) is 0 Å². The van der Waals surface area contributed by atoms with Crippen molar-refractivity contribution >= 4 is 68.4 Å². The third-order valence-electron chi connectivity index (χ3n) is 2.19. The molecule has 1 aromatic rings. The van der Waals surface area contributed by atoms with E-state index >= 15 is 0 Å².